The van der Waals surface area contributed by atoms with Gasteiger partial charge in [0, 0.05) is 17.4 Å². The SMILES string of the molecule is Cc1nnc(CCC(C)(C)[Si](O)(c2ccccc2)c2ccccc2)n1-c1scc(Cl)c1CCl. The molecule has 0 unspecified atom stereocenters. The van der Waals surface area contributed by atoms with Gasteiger partial charge < -0.3 is 4.80 Å². The number of benzene rings is 2. The Labute approximate surface area is 210 Å². The van der Waals surface area contributed by atoms with Crippen LogP contribution in [0, 0.1) is 6.92 Å². The fraction of sp³-hybridized carbons (Fsp3) is 0.280. The molecule has 0 fully saturated rings. The Hall–Kier alpha value is -1.96. The van der Waals surface area contributed by atoms with Crippen LogP contribution in [0.4, 0.5) is 0 Å². The van der Waals surface area contributed by atoms with Crippen LogP contribution in [-0.2, 0) is 12.3 Å². The molecule has 0 saturated carbocycles. The lowest BCUT2D eigenvalue weighted by atomic mass is 10.1. The third-order valence-corrected chi connectivity index (χ3v) is 12.7. The van der Waals surface area contributed by atoms with Crippen LogP contribution in [0.3, 0.4) is 0 Å². The lowest BCUT2D eigenvalue weighted by Gasteiger charge is -2.41. The molecule has 33 heavy (non-hydrogen) atoms. The van der Waals surface area contributed by atoms with Gasteiger partial charge in [-0.15, -0.1) is 33.1 Å². The van der Waals surface area contributed by atoms with E-state index in [9.17, 15) is 4.80 Å². The molecule has 4 aromatic rings. The van der Waals surface area contributed by atoms with Crippen molar-refractivity contribution in [3.63, 3.8) is 0 Å². The zero-order valence-corrected chi connectivity index (χ0v) is 22.3. The minimum Gasteiger partial charge on any atom is -0.424 e. The van der Waals surface area contributed by atoms with Crippen LogP contribution in [0.2, 0.25) is 10.1 Å². The van der Waals surface area contributed by atoms with Crippen molar-refractivity contribution in [2.75, 3.05) is 0 Å². The van der Waals surface area contributed by atoms with Gasteiger partial charge >= 0.3 is 0 Å². The Morgan fingerprint density at radius 3 is 2.12 bits per heavy atom. The van der Waals surface area contributed by atoms with Gasteiger partial charge in [0.25, 0.3) is 8.32 Å². The van der Waals surface area contributed by atoms with Gasteiger partial charge in [-0.3, -0.25) is 4.57 Å². The van der Waals surface area contributed by atoms with Gasteiger partial charge in [0.2, 0.25) is 0 Å². The normalized spacial score (nSPS) is 12.3. The van der Waals surface area contributed by atoms with Crippen LogP contribution in [0.25, 0.3) is 5.00 Å². The smallest absolute Gasteiger partial charge is 0.258 e. The standard InChI is InChI=1S/C25H27Cl2N3OSSi/c1-18-28-29-23(30(18)24-21(16-26)22(27)17-32-24)14-15-25(2,3)33(31,19-10-6-4-7-11-19)20-12-8-5-9-13-20/h4-13,17,31H,14-16H2,1-3H3. The van der Waals surface area contributed by atoms with Crippen LogP contribution in [0.15, 0.2) is 66.0 Å². The highest BCUT2D eigenvalue weighted by molar-refractivity contribution is 7.13. The largest absolute Gasteiger partial charge is 0.424 e. The third-order valence-electron chi connectivity index (χ3n) is 6.39. The highest BCUT2D eigenvalue weighted by atomic mass is 35.5. The van der Waals surface area contributed by atoms with Crippen molar-refractivity contribution in [1.29, 1.82) is 0 Å². The van der Waals surface area contributed by atoms with Crippen LogP contribution in [0.5, 0.6) is 0 Å². The molecule has 1 N–H and O–H groups in total. The Morgan fingerprint density at radius 1 is 1.00 bits per heavy atom. The first-order chi connectivity index (χ1) is 15.8. The van der Waals surface area contributed by atoms with Gasteiger partial charge in [0.15, 0.2) is 0 Å². The zero-order chi connectivity index (χ0) is 23.6. The van der Waals surface area contributed by atoms with Crippen molar-refractivity contribution in [3.8, 4) is 5.00 Å². The lowest BCUT2D eigenvalue weighted by molar-refractivity contribution is 0.462. The summed E-state index contributed by atoms with van der Waals surface area (Å²) >= 11 is 14.1. The zero-order valence-electron chi connectivity index (χ0n) is 18.9. The molecule has 0 amide bonds. The Bertz CT molecular complexity index is 1190. The van der Waals surface area contributed by atoms with Crippen molar-refractivity contribution in [3.05, 3.63) is 88.3 Å². The summed E-state index contributed by atoms with van der Waals surface area (Å²) in [6, 6.07) is 20.2. The first kappa shape index (κ1) is 24.2. The van der Waals surface area contributed by atoms with Crippen molar-refractivity contribution < 1.29 is 4.80 Å². The van der Waals surface area contributed by atoms with Crippen molar-refractivity contribution >= 4 is 53.2 Å². The molecule has 2 aromatic heterocycles. The van der Waals surface area contributed by atoms with Crippen molar-refractivity contribution in [2.24, 2.45) is 0 Å². The number of alkyl halides is 1. The number of aryl methyl sites for hydroxylation is 2. The lowest BCUT2D eigenvalue weighted by Crippen LogP contribution is -2.65. The summed E-state index contributed by atoms with van der Waals surface area (Å²) in [6.07, 6.45) is 1.41. The molecule has 0 bridgehead atoms. The summed E-state index contributed by atoms with van der Waals surface area (Å²) in [5.74, 6) is 1.98. The van der Waals surface area contributed by atoms with E-state index in [1.807, 2.05) is 73.0 Å². The summed E-state index contributed by atoms with van der Waals surface area (Å²) in [5, 5.41) is 14.0. The number of nitrogens with zero attached hydrogens (tertiary/aromatic N) is 3. The molecule has 0 aliphatic carbocycles. The summed E-state index contributed by atoms with van der Waals surface area (Å²) in [7, 11) is -3.08. The molecule has 4 nitrogen and oxygen atoms in total. The molecule has 172 valence electrons. The Morgan fingerprint density at radius 2 is 1.58 bits per heavy atom. The molecule has 0 spiro atoms. The first-order valence-electron chi connectivity index (χ1n) is 10.9. The van der Waals surface area contributed by atoms with E-state index in [4.69, 9.17) is 23.2 Å². The van der Waals surface area contributed by atoms with E-state index in [1.54, 1.807) is 11.3 Å². The van der Waals surface area contributed by atoms with Crippen LogP contribution in [0.1, 0.15) is 37.5 Å². The molecular formula is C25H27Cl2N3OSSi. The number of hydrogen-bond donors (Lipinski definition) is 1. The van der Waals surface area contributed by atoms with Crippen molar-refractivity contribution in [2.45, 2.75) is 44.5 Å². The van der Waals surface area contributed by atoms with E-state index in [0.717, 1.165) is 39.0 Å². The second kappa shape index (κ2) is 9.72. The van der Waals surface area contributed by atoms with E-state index in [2.05, 4.69) is 28.6 Å². The first-order valence-corrected chi connectivity index (χ1v) is 14.6. The van der Waals surface area contributed by atoms with E-state index in [1.165, 1.54) is 0 Å². The Balaban J connectivity index is 1.71. The van der Waals surface area contributed by atoms with Crippen molar-refractivity contribution in [1.82, 2.24) is 14.8 Å². The second-order valence-corrected chi connectivity index (χ2v) is 14.3. The summed E-state index contributed by atoms with van der Waals surface area (Å²) in [6.45, 7) is 6.27. The molecule has 0 radical (unpaired) electrons. The van der Waals surface area contributed by atoms with Gasteiger partial charge in [-0.05, 0) is 28.8 Å². The second-order valence-electron chi connectivity index (χ2n) is 8.83. The molecule has 2 heterocycles. The van der Waals surface area contributed by atoms with E-state index in [0.29, 0.717) is 17.3 Å². The molecule has 8 heteroatoms. The fourth-order valence-electron chi connectivity index (χ4n) is 4.40. The monoisotopic (exact) mass is 515 g/mol. The Kier molecular flexibility index (Phi) is 7.12. The third kappa shape index (κ3) is 4.43. The van der Waals surface area contributed by atoms with Gasteiger partial charge in [-0.25, -0.2) is 0 Å². The summed E-state index contributed by atoms with van der Waals surface area (Å²) < 4.78 is 2.05. The predicted octanol–water partition coefficient (Wildman–Crippen LogP) is 5.49. The summed E-state index contributed by atoms with van der Waals surface area (Å²) in [4.78, 5) is 12.4. The van der Waals surface area contributed by atoms with Crippen LogP contribution >= 0.6 is 34.5 Å². The predicted molar refractivity (Wildman–Crippen MR) is 141 cm³/mol. The molecule has 4 rings (SSSR count). The topological polar surface area (TPSA) is 50.9 Å². The highest BCUT2D eigenvalue weighted by Crippen LogP contribution is 2.40. The van der Waals surface area contributed by atoms with E-state index < -0.39 is 8.32 Å². The minimum atomic E-state index is -3.08. The molecule has 0 saturated heterocycles. The number of hydrogen-bond acceptors (Lipinski definition) is 4. The number of rotatable bonds is 8. The number of halogens is 2. The van der Waals surface area contributed by atoms with Gasteiger partial charge in [-0.2, -0.15) is 0 Å². The van der Waals surface area contributed by atoms with Gasteiger partial charge in [0.1, 0.15) is 16.6 Å². The average Bonchev–Trinajstić information content (AvgIpc) is 3.39. The maximum Gasteiger partial charge on any atom is 0.258 e. The minimum absolute atomic E-state index is 0.328. The van der Waals surface area contributed by atoms with E-state index in [-0.39, 0.29) is 5.04 Å². The van der Waals surface area contributed by atoms with Gasteiger partial charge in [-0.1, -0.05) is 86.1 Å². The molecular weight excluding hydrogens is 489 g/mol. The molecule has 2 aromatic carbocycles. The van der Waals surface area contributed by atoms with Gasteiger partial charge in [0.05, 0.1) is 10.9 Å². The van der Waals surface area contributed by atoms with Crippen LogP contribution in [-0.4, -0.2) is 27.9 Å². The molecule has 0 aliphatic rings. The van der Waals surface area contributed by atoms with Crippen LogP contribution < -0.4 is 10.4 Å². The quantitative estimate of drug-likeness (QED) is 0.249. The number of aromatic nitrogens is 3. The molecule has 0 aliphatic heterocycles. The fourth-order valence-corrected chi connectivity index (χ4v) is 9.93. The maximum atomic E-state index is 12.4. The number of thiophene rings is 1. The maximum absolute atomic E-state index is 12.4. The molecule has 0 atom stereocenters. The van der Waals surface area contributed by atoms with E-state index >= 15 is 0 Å². The average molecular weight is 517 g/mol. The summed E-state index contributed by atoms with van der Waals surface area (Å²) in [5.41, 5.74) is 0.895. The highest BCUT2D eigenvalue weighted by Gasteiger charge is 2.49.